The average molecular weight is 560 g/mol. The van der Waals surface area contributed by atoms with Gasteiger partial charge in [-0.05, 0) is 72.9 Å². The highest BCUT2D eigenvalue weighted by molar-refractivity contribution is 5.91. The zero-order chi connectivity index (χ0) is 28.7. The van der Waals surface area contributed by atoms with Gasteiger partial charge in [-0.25, -0.2) is 9.59 Å². The highest BCUT2D eigenvalue weighted by atomic mass is 19.4. The van der Waals surface area contributed by atoms with E-state index in [0.29, 0.717) is 30.0 Å². The first-order valence-corrected chi connectivity index (χ1v) is 12.1. The van der Waals surface area contributed by atoms with Crippen molar-refractivity contribution in [1.29, 1.82) is 0 Å². The van der Waals surface area contributed by atoms with Crippen molar-refractivity contribution < 1.29 is 50.1 Å². The first kappa shape index (κ1) is 28.5. The van der Waals surface area contributed by atoms with Crippen molar-refractivity contribution in [3.63, 3.8) is 0 Å². The molecule has 0 aliphatic carbocycles. The predicted octanol–water partition coefficient (Wildman–Crippen LogP) is 6.82. The molecule has 0 fully saturated rings. The Morgan fingerprint density at radius 1 is 1.00 bits per heavy atom. The number of hydrogen-bond acceptors (Lipinski definition) is 5. The number of nitrogens with zero attached hydrogens (tertiary/aromatic N) is 2. The van der Waals surface area contributed by atoms with E-state index in [-0.39, 0.29) is 31.3 Å². The second kappa shape index (κ2) is 10.6. The number of benzene rings is 2. The van der Waals surface area contributed by atoms with Gasteiger partial charge in [-0.1, -0.05) is 0 Å². The minimum atomic E-state index is -5.04. The van der Waals surface area contributed by atoms with Crippen LogP contribution in [0.1, 0.15) is 59.7 Å². The number of amides is 2. The summed E-state index contributed by atoms with van der Waals surface area (Å²) in [4.78, 5) is 28.3. The molecule has 2 aromatic rings. The maximum absolute atomic E-state index is 13.5. The lowest BCUT2D eigenvalue weighted by molar-refractivity contribution is -0.143. The van der Waals surface area contributed by atoms with Crippen LogP contribution in [0.5, 0.6) is 0 Å². The number of rotatable bonds is 4. The molecule has 39 heavy (non-hydrogen) atoms. The van der Waals surface area contributed by atoms with Gasteiger partial charge in [0.05, 0.1) is 49.8 Å². The number of halogens is 6. The van der Waals surface area contributed by atoms with Gasteiger partial charge in [0.2, 0.25) is 0 Å². The molecular formula is C26H26F6N2O5. The van der Waals surface area contributed by atoms with Crippen LogP contribution in [0.3, 0.4) is 0 Å². The predicted molar refractivity (Wildman–Crippen MR) is 126 cm³/mol. The van der Waals surface area contributed by atoms with E-state index in [1.807, 2.05) is 0 Å². The van der Waals surface area contributed by atoms with Crippen LogP contribution in [0, 0.1) is 0 Å². The maximum atomic E-state index is 13.5. The van der Waals surface area contributed by atoms with Gasteiger partial charge in [0, 0.05) is 12.6 Å². The summed E-state index contributed by atoms with van der Waals surface area (Å²) in [5.74, 6) is 0. The molecule has 2 aliphatic heterocycles. The van der Waals surface area contributed by atoms with E-state index in [9.17, 15) is 35.9 Å². The van der Waals surface area contributed by atoms with Crippen molar-refractivity contribution in [1.82, 2.24) is 4.90 Å². The number of carbonyl (C=O) groups is 2. The van der Waals surface area contributed by atoms with Gasteiger partial charge in [-0.3, -0.25) is 9.80 Å². The van der Waals surface area contributed by atoms with Crippen LogP contribution >= 0.6 is 0 Å². The average Bonchev–Trinajstić information content (AvgIpc) is 3.31. The fourth-order valence-electron chi connectivity index (χ4n) is 5.00. The molecule has 0 bridgehead atoms. The summed E-state index contributed by atoms with van der Waals surface area (Å²) in [6.07, 6.45) is -11.5. The Labute approximate surface area is 220 Å². The SMILES string of the molecule is CCOC(=O)N1c2cc3c(cc2C(N(Cc2cc(C(F)(F)F)cc(C(F)(F)F)c2)C(=O)OC)CC1C)COC3. The number of anilines is 1. The van der Waals surface area contributed by atoms with Gasteiger partial charge >= 0.3 is 24.5 Å². The van der Waals surface area contributed by atoms with Crippen LogP contribution < -0.4 is 4.90 Å². The summed E-state index contributed by atoms with van der Waals surface area (Å²) in [6.45, 7) is 3.42. The normalized spacial score (nSPS) is 18.8. The number of ether oxygens (including phenoxy) is 3. The number of hydrogen-bond donors (Lipinski definition) is 0. The molecule has 7 nitrogen and oxygen atoms in total. The van der Waals surface area contributed by atoms with E-state index in [4.69, 9.17) is 14.2 Å². The molecule has 4 rings (SSSR count). The van der Waals surface area contributed by atoms with E-state index in [1.54, 1.807) is 26.0 Å². The Morgan fingerprint density at radius 3 is 2.13 bits per heavy atom. The van der Waals surface area contributed by atoms with E-state index < -0.39 is 54.3 Å². The minimum Gasteiger partial charge on any atom is -0.453 e. The van der Waals surface area contributed by atoms with E-state index in [2.05, 4.69) is 0 Å². The van der Waals surface area contributed by atoms with Crippen molar-refractivity contribution in [2.45, 2.75) is 64.5 Å². The molecule has 0 spiro atoms. The summed E-state index contributed by atoms with van der Waals surface area (Å²) in [6, 6.07) is 3.29. The third-order valence-corrected chi connectivity index (χ3v) is 6.74. The van der Waals surface area contributed by atoms with Gasteiger partial charge in [-0.2, -0.15) is 26.3 Å². The molecule has 0 aromatic heterocycles. The van der Waals surface area contributed by atoms with Crippen molar-refractivity contribution in [3.05, 3.63) is 63.7 Å². The molecule has 2 unspecified atom stereocenters. The Kier molecular flexibility index (Phi) is 7.75. The fraction of sp³-hybridized carbons (Fsp3) is 0.462. The lowest BCUT2D eigenvalue weighted by Crippen LogP contribution is -2.47. The Balaban J connectivity index is 1.83. The van der Waals surface area contributed by atoms with E-state index in [0.717, 1.165) is 23.1 Å². The monoisotopic (exact) mass is 560 g/mol. The molecule has 0 radical (unpaired) electrons. The van der Waals surface area contributed by atoms with Crippen LogP contribution in [-0.4, -0.2) is 36.8 Å². The summed E-state index contributed by atoms with van der Waals surface area (Å²) in [5, 5.41) is 0. The van der Waals surface area contributed by atoms with Crippen molar-refractivity contribution in [2.24, 2.45) is 0 Å². The Bertz CT molecular complexity index is 1230. The third kappa shape index (κ3) is 5.77. The first-order chi connectivity index (χ1) is 18.2. The largest absolute Gasteiger partial charge is 0.453 e. The number of alkyl halides is 6. The number of fused-ring (bicyclic) bond motifs is 2. The molecule has 2 heterocycles. The molecule has 13 heteroatoms. The van der Waals surface area contributed by atoms with Gasteiger partial charge in [0.15, 0.2) is 0 Å². The molecule has 2 aromatic carbocycles. The zero-order valence-electron chi connectivity index (χ0n) is 21.3. The molecule has 0 saturated heterocycles. The molecule has 212 valence electrons. The van der Waals surface area contributed by atoms with Gasteiger partial charge in [-0.15, -0.1) is 0 Å². The van der Waals surface area contributed by atoms with Crippen LogP contribution in [-0.2, 0) is 46.3 Å². The second-order valence-electron chi connectivity index (χ2n) is 9.35. The Morgan fingerprint density at radius 2 is 1.59 bits per heavy atom. The van der Waals surface area contributed by atoms with Crippen LogP contribution in [0.15, 0.2) is 30.3 Å². The Hall–Kier alpha value is -3.48. The molecule has 2 aliphatic rings. The molecule has 2 atom stereocenters. The van der Waals surface area contributed by atoms with Gasteiger partial charge < -0.3 is 14.2 Å². The van der Waals surface area contributed by atoms with Gasteiger partial charge in [0.25, 0.3) is 0 Å². The molecule has 2 amide bonds. The lowest BCUT2D eigenvalue weighted by Gasteiger charge is -2.42. The molecule has 0 saturated carbocycles. The fourth-order valence-corrected chi connectivity index (χ4v) is 5.00. The smallest absolute Gasteiger partial charge is 0.416 e. The number of carbonyl (C=O) groups excluding carboxylic acids is 2. The van der Waals surface area contributed by atoms with Crippen LogP contribution in [0.25, 0.3) is 0 Å². The second-order valence-corrected chi connectivity index (χ2v) is 9.35. The van der Waals surface area contributed by atoms with Crippen molar-refractivity contribution >= 4 is 17.9 Å². The van der Waals surface area contributed by atoms with Crippen LogP contribution in [0.4, 0.5) is 41.6 Å². The standard InChI is InChI=1S/C26H26F6N2O5/c1-4-39-24(36)34-14(2)5-21(20-8-16-12-38-13-17(16)9-22(20)34)33(23(35)37-3)11-15-6-18(25(27,28)29)10-19(7-15)26(30,31)32/h6-10,14,21H,4-5,11-13H2,1-3H3. The number of methoxy groups -OCH3 is 1. The molecular weight excluding hydrogens is 534 g/mol. The minimum absolute atomic E-state index is 0.0322. The van der Waals surface area contributed by atoms with Gasteiger partial charge in [0.1, 0.15) is 0 Å². The summed E-state index contributed by atoms with van der Waals surface area (Å²) in [5.41, 5.74) is -0.868. The highest BCUT2D eigenvalue weighted by Gasteiger charge is 2.41. The first-order valence-electron chi connectivity index (χ1n) is 12.1. The quantitative estimate of drug-likeness (QED) is 0.384. The lowest BCUT2D eigenvalue weighted by atomic mass is 9.88. The summed E-state index contributed by atoms with van der Waals surface area (Å²) in [7, 11) is 1.07. The summed E-state index contributed by atoms with van der Waals surface area (Å²) < 4.78 is 96.5. The maximum Gasteiger partial charge on any atom is 0.416 e. The van der Waals surface area contributed by atoms with E-state index in [1.165, 1.54) is 4.90 Å². The van der Waals surface area contributed by atoms with Crippen molar-refractivity contribution in [2.75, 3.05) is 18.6 Å². The van der Waals surface area contributed by atoms with E-state index >= 15 is 0 Å². The molecule has 0 N–H and O–H groups in total. The highest BCUT2D eigenvalue weighted by Crippen LogP contribution is 2.44. The summed E-state index contributed by atoms with van der Waals surface area (Å²) >= 11 is 0. The van der Waals surface area contributed by atoms with Crippen molar-refractivity contribution in [3.8, 4) is 0 Å². The third-order valence-electron chi connectivity index (χ3n) is 6.74. The zero-order valence-corrected chi connectivity index (χ0v) is 21.3. The van der Waals surface area contributed by atoms with Crippen LogP contribution in [0.2, 0.25) is 0 Å². The topological polar surface area (TPSA) is 68.3 Å².